The van der Waals surface area contributed by atoms with Crippen LogP contribution >= 0.6 is 0 Å². The molecule has 0 unspecified atom stereocenters. The highest BCUT2D eigenvalue weighted by Gasteiger charge is 2.20. The first-order valence-electron chi connectivity index (χ1n) is 12.6. The zero-order valence-electron chi connectivity index (χ0n) is 21.8. The first-order chi connectivity index (χ1) is 17.8. The van der Waals surface area contributed by atoms with Gasteiger partial charge in [0.15, 0.2) is 17.3 Å². The highest BCUT2D eigenvalue weighted by molar-refractivity contribution is 5.48. The molecule has 1 aromatic carbocycles. The first kappa shape index (κ1) is 24.8. The van der Waals surface area contributed by atoms with Crippen molar-refractivity contribution >= 4 is 11.7 Å². The summed E-state index contributed by atoms with van der Waals surface area (Å²) >= 11 is 0. The zero-order chi connectivity index (χ0) is 26.1. The SMILES string of the molecule is C=Cc1ccc(CN2CCN(C(=C)CCc3c(C)nn(-c4ccc5nnc(C)n5n4)c3C)CC2)cc1F. The number of fused-ring (bicyclic) bond motifs is 1. The van der Waals surface area contributed by atoms with Crippen LogP contribution in [0.25, 0.3) is 17.5 Å². The number of hydrogen-bond donors (Lipinski definition) is 0. The minimum atomic E-state index is -0.210. The van der Waals surface area contributed by atoms with Crippen LogP contribution in [0.3, 0.4) is 0 Å². The van der Waals surface area contributed by atoms with Gasteiger partial charge in [0.05, 0.1) is 5.69 Å². The highest BCUT2D eigenvalue weighted by atomic mass is 19.1. The van der Waals surface area contributed by atoms with E-state index in [-0.39, 0.29) is 5.82 Å². The Morgan fingerprint density at radius 3 is 2.54 bits per heavy atom. The molecule has 192 valence electrons. The topological polar surface area (TPSA) is 67.4 Å². The van der Waals surface area contributed by atoms with Crippen LogP contribution in [0.1, 0.15) is 40.3 Å². The van der Waals surface area contributed by atoms with Crippen LogP contribution in [-0.2, 0) is 13.0 Å². The summed E-state index contributed by atoms with van der Waals surface area (Å²) in [5.41, 5.74) is 6.72. The summed E-state index contributed by atoms with van der Waals surface area (Å²) < 4.78 is 17.7. The lowest BCUT2D eigenvalue weighted by molar-refractivity contribution is 0.150. The highest BCUT2D eigenvalue weighted by Crippen LogP contribution is 2.22. The van der Waals surface area contributed by atoms with Gasteiger partial charge in [-0.15, -0.1) is 15.3 Å². The average Bonchev–Trinajstić information content (AvgIpc) is 3.41. The maximum absolute atomic E-state index is 14.1. The third-order valence-corrected chi connectivity index (χ3v) is 7.24. The molecule has 1 saturated heterocycles. The largest absolute Gasteiger partial charge is 0.373 e. The zero-order valence-corrected chi connectivity index (χ0v) is 21.8. The fraction of sp³-hybridized carbons (Fsp3) is 0.357. The maximum Gasteiger partial charge on any atom is 0.178 e. The summed E-state index contributed by atoms with van der Waals surface area (Å²) in [7, 11) is 0. The van der Waals surface area contributed by atoms with Crippen molar-refractivity contribution in [2.75, 3.05) is 26.2 Å². The number of rotatable bonds is 8. The van der Waals surface area contributed by atoms with Gasteiger partial charge in [-0.05, 0) is 62.9 Å². The van der Waals surface area contributed by atoms with Gasteiger partial charge in [0.25, 0.3) is 0 Å². The number of aryl methyl sites for hydroxylation is 2. The summed E-state index contributed by atoms with van der Waals surface area (Å²) in [6, 6.07) is 9.23. The van der Waals surface area contributed by atoms with Gasteiger partial charge in [0.2, 0.25) is 0 Å². The Morgan fingerprint density at radius 1 is 1.03 bits per heavy atom. The fourth-order valence-corrected chi connectivity index (χ4v) is 5.00. The number of hydrogen-bond acceptors (Lipinski definition) is 6. The normalized spacial score (nSPS) is 14.4. The lowest BCUT2D eigenvalue weighted by atomic mass is 10.1. The Labute approximate surface area is 216 Å². The molecule has 0 atom stereocenters. The predicted molar refractivity (Wildman–Crippen MR) is 143 cm³/mol. The number of piperazine rings is 1. The molecule has 4 aromatic rings. The van der Waals surface area contributed by atoms with E-state index in [0.717, 1.165) is 85.5 Å². The van der Waals surface area contributed by atoms with Gasteiger partial charge in [-0.3, -0.25) is 4.90 Å². The molecule has 0 aliphatic carbocycles. The Kier molecular flexibility index (Phi) is 6.88. The number of halogens is 1. The molecule has 1 aliphatic heterocycles. The second-order valence-corrected chi connectivity index (χ2v) is 9.66. The molecule has 3 aromatic heterocycles. The molecule has 9 heteroatoms. The van der Waals surface area contributed by atoms with Crippen molar-refractivity contribution < 1.29 is 4.39 Å². The van der Waals surface area contributed by atoms with Crippen molar-refractivity contribution in [1.82, 2.24) is 39.4 Å². The van der Waals surface area contributed by atoms with E-state index in [1.54, 1.807) is 22.7 Å². The van der Waals surface area contributed by atoms with E-state index in [0.29, 0.717) is 5.56 Å². The van der Waals surface area contributed by atoms with Crippen LogP contribution in [0.2, 0.25) is 0 Å². The molecule has 1 aliphatic rings. The van der Waals surface area contributed by atoms with Gasteiger partial charge in [-0.25, -0.2) is 9.07 Å². The van der Waals surface area contributed by atoms with E-state index in [1.165, 1.54) is 5.56 Å². The molecule has 0 N–H and O–H groups in total. The monoisotopic (exact) mass is 500 g/mol. The Morgan fingerprint density at radius 2 is 1.81 bits per heavy atom. The van der Waals surface area contributed by atoms with Gasteiger partial charge < -0.3 is 4.90 Å². The number of benzene rings is 1. The standard InChI is InChI=1S/C28H33FN8/c1-6-24-9-8-23(17-26(24)29)18-34-13-15-35(16-14-34)19(2)7-10-25-20(3)32-36(21(25)4)28-12-11-27-31-30-22(5)37(27)33-28/h6,8-9,11-12,17H,1-2,7,10,13-16,18H2,3-5H3. The Bertz CT molecular complexity index is 1460. The maximum atomic E-state index is 14.1. The van der Waals surface area contributed by atoms with Crippen LogP contribution in [0, 0.1) is 26.6 Å². The molecule has 0 saturated carbocycles. The molecule has 0 radical (unpaired) electrons. The Hall–Kier alpha value is -3.85. The molecular weight excluding hydrogens is 467 g/mol. The van der Waals surface area contributed by atoms with Crippen molar-refractivity contribution in [2.24, 2.45) is 0 Å². The lowest BCUT2D eigenvalue weighted by Crippen LogP contribution is -2.45. The summed E-state index contributed by atoms with van der Waals surface area (Å²) in [6.45, 7) is 18.5. The van der Waals surface area contributed by atoms with Crippen molar-refractivity contribution in [3.8, 4) is 5.82 Å². The molecule has 8 nitrogen and oxygen atoms in total. The van der Waals surface area contributed by atoms with Crippen molar-refractivity contribution in [3.05, 3.63) is 88.9 Å². The first-order valence-corrected chi connectivity index (χ1v) is 12.6. The molecule has 0 amide bonds. The minimum Gasteiger partial charge on any atom is -0.373 e. The van der Waals surface area contributed by atoms with Gasteiger partial charge >= 0.3 is 0 Å². The molecule has 5 rings (SSSR count). The second kappa shape index (κ2) is 10.3. The van der Waals surface area contributed by atoms with E-state index in [1.807, 2.05) is 36.7 Å². The van der Waals surface area contributed by atoms with E-state index in [4.69, 9.17) is 5.10 Å². The number of nitrogens with zero attached hydrogens (tertiary/aromatic N) is 8. The van der Waals surface area contributed by atoms with Gasteiger partial charge in [0.1, 0.15) is 5.82 Å². The summed E-state index contributed by atoms with van der Waals surface area (Å²) in [4.78, 5) is 4.74. The van der Waals surface area contributed by atoms with Crippen LogP contribution in [-0.4, -0.2) is 65.6 Å². The van der Waals surface area contributed by atoms with E-state index >= 15 is 0 Å². The van der Waals surface area contributed by atoms with Crippen LogP contribution in [0.4, 0.5) is 4.39 Å². The summed E-state index contributed by atoms with van der Waals surface area (Å²) in [5.74, 6) is 1.28. The van der Waals surface area contributed by atoms with Crippen LogP contribution < -0.4 is 0 Å². The second-order valence-electron chi connectivity index (χ2n) is 9.66. The molecule has 1 fully saturated rings. The number of aromatic nitrogens is 6. The molecule has 37 heavy (non-hydrogen) atoms. The fourth-order valence-electron chi connectivity index (χ4n) is 5.00. The smallest absolute Gasteiger partial charge is 0.178 e. The minimum absolute atomic E-state index is 0.210. The summed E-state index contributed by atoms with van der Waals surface area (Å²) in [5, 5.41) is 17.7. The van der Waals surface area contributed by atoms with E-state index in [9.17, 15) is 4.39 Å². The molecule has 0 bridgehead atoms. The van der Waals surface area contributed by atoms with Crippen molar-refractivity contribution in [3.63, 3.8) is 0 Å². The molecule has 0 spiro atoms. The molecular formula is C28H33FN8. The van der Waals surface area contributed by atoms with Crippen LogP contribution in [0.5, 0.6) is 0 Å². The van der Waals surface area contributed by atoms with E-state index < -0.39 is 0 Å². The van der Waals surface area contributed by atoms with Crippen LogP contribution in [0.15, 0.2) is 49.2 Å². The van der Waals surface area contributed by atoms with Crippen molar-refractivity contribution in [1.29, 1.82) is 0 Å². The van der Waals surface area contributed by atoms with E-state index in [2.05, 4.69) is 45.2 Å². The quantitative estimate of drug-likeness (QED) is 0.360. The van der Waals surface area contributed by atoms with Gasteiger partial charge in [-0.1, -0.05) is 31.4 Å². The van der Waals surface area contributed by atoms with Gasteiger partial charge in [-0.2, -0.15) is 9.61 Å². The number of allylic oxidation sites excluding steroid dienone is 1. The van der Waals surface area contributed by atoms with Gasteiger partial charge in [0, 0.05) is 49.7 Å². The Balaban J connectivity index is 1.18. The lowest BCUT2D eigenvalue weighted by Gasteiger charge is -2.37. The molecule has 4 heterocycles. The predicted octanol–water partition coefficient (Wildman–Crippen LogP) is 4.28. The third-order valence-electron chi connectivity index (χ3n) is 7.24. The summed E-state index contributed by atoms with van der Waals surface area (Å²) in [6.07, 6.45) is 3.30. The van der Waals surface area contributed by atoms with Crippen molar-refractivity contribution in [2.45, 2.75) is 40.2 Å². The third kappa shape index (κ3) is 5.04. The average molecular weight is 501 g/mol.